The minimum Gasteiger partial charge on any atom is -0.339 e. The van der Waals surface area contributed by atoms with Crippen LogP contribution in [-0.4, -0.2) is 26.0 Å². The lowest BCUT2D eigenvalue weighted by Gasteiger charge is -2.04. The first-order chi connectivity index (χ1) is 11.0. The Bertz CT molecular complexity index is 893. The maximum Gasteiger partial charge on any atom is 0.227 e. The van der Waals surface area contributed by atoms with E-state index in [1.807, 2.05) is 32.0 Å². The Morgan fingerprint density at radius 3 is 2.87 bits per heavy atom. The molecule has 0 fully saturated rings. The van der Waals surface area contributed by atoms with E-state index in [1.165, 1.54) is 0 Å². The Labute approximate surface area is 137 Å². The number of nitrogens with one attached hydrogen (secondary N) is 3. The van der Waals surface area contributed by atoms with Gasteiger partial charge in [-0.3, -0.25) is 4.79 Å². The number of carbonyl (C=O) groups is 1. The lowest BCUT2D eigenvalue weighted by atomic mass is 10.2. The van der Waals surface area contributed by atoms with E-state index in [1.54, 1.807) is 0 Å². The van der Waals surface area contributed by atoms with E-state index in [0.717, 1.165) is 11.0 Å². The summed E-state index contributed by atoms with van der Waals surface area (Å²) in [5, 5.41) is 6.73. The average molecular weight is 331 g/mol. The molecule has 120 valence electrons. The topological polar surface area (TPSA) is 99.6 Å². The quantitative estimate of drug-likeness (QED) is 0.623. The van der Waals surface area contributed by atoms with Gasteiger partial charge in [-0.15, -0.1) is 0 Å². The fraction of sp³-hybridized carbons (Fsp3) is 0.333. The van der Waals surface area contributed by atoms with Crippen LogP contribution in [0.1, 0.15) is 37.9 Å². The molecule has 0 aliphatic rings. The number of aromatic nitrogens is 4. The lowest BCUT2D eigenvalue weighted by Crippen LogP contribution is -2.12. The number of carbonyl (C=O) groups excluding carboxylic acids is 1. The molecule has 0 saturated heterocycles. The number of aromatic amines is 2. The molecule has 2 aromatic heterocycles. The summed E-state index contributed by atoms with van der Waals surface area (Å²) in [6, 6.07) is 5.52. The molecular weight excluding hydrogens is 314 g/mol. The maximum absolute atomic E-state index is 12.0. The zero-order valence-electron chi connectivity index (χ0n) is 12.8. The van der Waals surface area contributed by atoms with Gasteiger partial charge in [-0.2, -0.15) is 4.98 Å². The smallest absolute Gasteiger partial charge is 0.227 e. The highest BCUT2D eigenvalue weighted by molar-refractivity contribution is 7.71. The van der Waals surface area contributed by atoms with Crippen molar-refractivity contribution >= 4 is 34.8 Å². The van der Waals surface area contributed by atoms with Gasteiger partial charge in [0.05, 0.1) is 11.0 Å². The summed E-state index contributed by atoms with van der Waals surface area (Å²) in [6.45, 7) is 3.98. The standard InChI is InChI=1S/C15H17N5O2S/c1-8(2)14-19-13(22-20-14)6-5-12(21)16-9-3-4-10-11(7-9)18-15(23)17-10/h3-4,7-8H,5-6H2,1-2H3,(H,16,21)(H2,17,18,23). The summed E-state index contributed by atoms with van der Waals surface area (Å²) >= 11 is 5.04. The monoisotopic (exact) mass is 331 g/mol. The van der Waals surface area contributed by atoms with Gasteiger partial charge >= 0.3 is 0 Å². The van der Waals surface area contributed by atoms with Gasteiger partial charge in [-0.25, -0.2) is 0 Å². The van der Waals surface area contributed by atoms with Crippen molar-refractivity contribution in [3.8, 4) is 0 Å². The fourth-order valence-corrected chi connectivity index (χ4v) is 2.38. The fourth-order valence-electron chi connectivity index (χ4n) is 2.16. The molecule has 0 atom stereocenters. The van der Waals surface area contributed by atoms with E-state index < -0.39 is 0 Å². The molecule has 23 heavy (non-hydrogen) atoms. The molecule has 3 rings (SSSR count). The van der Waals surface area contributed by atoms with Crippen LogP contribution in [0.5, 0.6) is 0 Å². The van der Waals surface area contributed by atoms with Crippen molar-refractivity contribution in [2.24, 2.45) is 0 Å². The van der Waals surface area contributed by atoms with Crippen molar-refractivity contribution in [1.82, 2.24) is 20.1 Å². The zero-order chi connectivity index (χ0) is 16.4. The van der Waals surface area contributed by atoms with Crippen LogP contribution in [0.4, 0.5) is 5.69 Å². The second kappa shape index (κ2) is 6.33. The molecule has 0 aliphatic heterocycles. The van der Waals surface area contributed by atoms with Gasteiger partial charge in [0.2, 0.25) is 11.8 Å². The predicted octanol–water partition coefficient (Wildman–Crippen LogP) is 3.30. The average Bonchev–Trinajstić information content (AvgIpc) is 3.10. The van der Waals surface area contributed by atoms with Crippen molar-refractivity contribution in [2.45, 2.75) is 32.6 Å². The Morgan fingerprint density at radius 2 is 2.13 bits per heavy atom. The van der Waals surface area contributed by atoms with E-state index in [4.69, 9.17) is 16.7 Å². The van der Waals surface area contributed by atoms with E-state index >= 15 is 0 Å². The third-order valence-corrected chi connectivity index (χ3v) is 3.57. The van der Waals surface area contributed by atoms with Gasteiger partial charge in [-0.05, 0) is 30.4 Å². The maximum atomic E-state index is 12.0. The molecule has 1 amide bonds. The van der Waals surface area contributed by atoms with Gasteiger partial charge in [0, 0.05) is 24.4 Å². The highest BCUT2D eigenvalue weighted by Crippen LogP contribution is 2.17. The number of aryl methyl sites for hydroxylation is 1. The van der Waals surface area contributed by atoms with Crippen LogP contribution in [0.25, 0.3) is 11.0 Å². The Balaban J connectivity index is 1.60. The molecule has 2 heterocycles. The molecule has 0 aliphatic carbocycles. The number of benzene rings is 1. The van der Waals surface area contributed by atoms with Crippen molar-refractivity contribution in [3.05, 3.63) is 34.7 Å². The Kier molecular flexibility index (Phi) is 4.24. The Morgan fingerprint density at radius 1 is 1.35 bits per heavy atom. The molecule has 7 nitrogen and oxygen atoms in total. The van der Waals surface area contributed by atoms with E-state index in [0.29, 0.717) is 28.6 Å². The Hall–Kier alpha value is -2.48. The number of imidazole rings is 1. The van der Waals surface area contributed by atoms with Gasteiger partial charge in [0.15, 0.2) is 10.6 Å². The van der Waals surface area contributed by atoms with E-state index in [9.17, 15) is 4.79 Å². The predicted molar refractivity (Wildman–Crippen MR) is 88.8 cm³/mol. The number of nitrogens with zero attached hydrogens (tertiary/aromatic N) is 2. The molecule has 0 radical (unpaired) electrons. The molecule has 1 aromatic carbocycles. The first-order valence-electron chi connectivity index (χ1n) is 7.35. The molecule has 0 unspecified atom stereocenters. The van der Waals surface area contributed by atoms with Crippen molar-refractivity contribution in [1.29, 1.82) is 0 Å². The largest absolute Gasteiger partial charge is 0.339 e. The minimum atomic E-state index is -0.109. The van der Waals surface area contributed by atoms with Crippen LogP contribution in [0.3, 0.4) is 0 Å². The third-order valence-electron chi connectivity index (χ3n) is 3.37. The van der Waals surface area contributed by atoms with Crippen molar-refractivity contribution < 1.29 is 9.32 Å². The molecular formula is C15H17N5O2S. The number of rotatable bonds is 5. The first-order valence-corrected chi connectivity index (χ1v) is 7.76. The number of hydrogen-bond acceptors (Lipinski definition) is 5. The summed E-state index contributed by atoms with van der Waals surface area (Å²) in [6.07, 6.45) is 0.696. The molecule has 0 bridgehead atoms. The van der Waals surface area contributed by atoms with Crippen molar-refractivity contribution in [2.75, 3.05) is 5.32 Å². The van der Waals surface area contributed by atoms with Crippen LogP contribution >= 0.6 is 12.2 Å². The molecule has 0 spiro atoms. The SMILES string of the molecule is CC(C)c1noc(CCC(=O)Nc2ccc3[nH]c(=S)[nH]c3c2)n1. The summed E-state index contributed by atoms with van der Waals surface area (Å²) in [4.78, 5) is 22.3. The highest BCUT2D eigenvalue weighted by Gasteiger charge is 2.11. The van der Waals surface area contributed by atoms with Gasteiger partial charge in [0.25, 0.3) is 0 Å². The lowest BCUT2D eigenvalue weighted by molar-refractivity contribution is -0.116. The second-order valence-electron chi connectivity index (χ2n) is 5.59. The number of anilines is 1. The molecule has 3 N–H and O–H groups in total. The molecule has 0 saturated carbocycles. The molecule has 3 aromatic rings. The first kappa shape index (κ1) is 15.4. The number of amides is 1. The summed E-state index contributed by atoms with van der Waals surface area (Å²) in [7, 11) is 0. The van der Waals surface area contributed by atoms with Crippen LogP contribution in [-0.2, 0) is 11.2 Å². The summed E-state index contributed by atoms with van der Waals surface area (Å²) in [5.41, 5.74) is 2.47. The normalized spacial score (nSPS) is 11.3. The van der Waals surface area contributed by atoms with Crippen LogP contribution in [0.2, 0.25) is 0 Å². The number of H-pyrrole nitrogens is 2. The van der Waals surface area contributed by atoms with Crippen LogP contribution < -0.4 is 5.32 Å². The van der Waals surface area contributed by atoms with Crippen LogP contribution in [0, 0.1) is 4.77 Å². The van der Waals surface area contributed by atoms with E-state index in [2.05, 4.69) is 25.4 Å². The zero-order valence-corrected chi connectivity index (χ0v) is 13.7. The van der Waals surface area contributed by atoms with Gasteiger partial charge in [-0.1, -0.05) is 19.0 Å². The van der Waals surface area contributed by atoms with Crippen molar-refractivity contribution in [3.63, 3.8) is 0 Å². The number of hydrogen-bond donors (Lipinski definition) is 3. The summed E-state index contributed by atoms with van der Waals surface area (Å²) in [5.74, 6) is 1.24. The molecule has 8 heteroatoms. The van der Waals surface area contributed by atoms with Crippen LogP contribution in [0.15, 0.2) is 22.7 Å². The van der Waals surface area contributed by atoms with E-state index in [-0.39, 0.29) is 18.2 Å². The summed E-state index contributed by atoms with van der Waals surface area (Å²) < 4.78 is 5.68. The van der Waals surface area contributed by atoms with Gasteiger partial charge in [0.1, 0.15) is 0 Å². The van der Waals surface area contributed by atoms with Gasteiger partial charge < -0.3 is 19.8 Å². The number of fused-ring (bicyclic) bond motifs is 1. The third kappa shape index (κ3) is 3.65. The minimum absolute atomic E-state index is 0.109. The highest BCUT2D eigenvalue weighted by atomic mass is 32.1. The second-order valence-corrected chi connectivity index (χ2v) is 6.00.